The van der Waals surface area contributed by atoms with E-state index in [2.05, 4.69) is 53.2 Å². The molecule has 3 aliphatic rings. The van der Waals surface area contributed by atoms with E-state index in [4.69, 9.17) is 11.6 Å². The van der Waals surface area contributed by atoms with Crippen LogP contribution in [-0.2, 0) is 9.59 Å². The van der Waals surface area contributed by atoms with Gasteiger partial charge in [0.1, 0.15) is 0 Å². The fraction of sp³-hybridized carbons (Fsp3) is 0.333. The number of amides is 1. The van der Waals surface area contributed by atoms with Crippen LogP contribution in [0.4, 0.5) is 17.1 Å². The third-order valence-electron chi connectivity index (χ3n) is 8.23. The maximum absolute atomic E-state index is 13.9. The van der Waals surface area contributed by atoms with Crippen molar-refractivity contribution in [2.75, 3.05) is 47.8 Å². The Bertz CT molecular complexity index is 1460. The number of hydrogen-bond donors (Lipinski definition) is 1. The molecule has 6 rings (SSSR count). The van der Waals surface area contributed by atoms with Gasteiger partial charge in [-0.05, 0) is 47.7 Å². The zero-order valence-electron chi connectivity index (χ0n) is 23.1. The second-order valence-electron chi connectivity index (χ2n) is 11.8. The normalized spacial score (nSPS) is 20.4. The van der Waals surface area contributed by atoms with Gasteiger partial charge in [0.15, 0.2) is 5.78 Å². The third-order valence-corrected chi connectivity index (χ3v) is 8.47. The van der Waals surface area contributed by atoms with Gasteiger partial charge in [-0.15, -0.1) is 0 Å². The summed E-state index contributed by atoms with van der Waals surface area (Å²) in [7, 11) is 0. The second-order valence-corrected chi connectivity index (χ2v) is 12.2. The van der Waals surface area contributed by atoms with E-state index in [1.807, 2.05) is 59.5 Å². The number of hydrogen-bond acceptors (Lipinski definition) is 5. The monoisotopic (exact) mass is 554 g/mol. The number of rotatable bonds is 4. The molecule has 1 atom stereocenters. The molecule has 1 aliphatic carbocycles. The number of fused-ring (bicyclic) bond motifs is 1. The first-order valence-electron chi connectivity index (χ1n) is 14.0. The van der Waals surface area contributed by atoms with Gasteiger partial charge >= 0.3 is 0 Å². The summed E-state index contributed by atoms with van der Waals surface area (Å²) in [4.78, 5) is 34.1. The second kappa shape index (κ2) is 10.7. The minimum atomic E-state index is -0.354. The highest BCUT2D eigenvalue weighted by Gasteiger charge is 2.42. The van der Waals surface area contributed by atoms with E-state index in [1.165, 1.54) is 0 Å². The van der Waals surface area contributed by atoms with E-state index in [0.717, 1.165) is 53.4 Å². The number of carbonyl (C=O) groups is 2. The first kappa shape index (κ1) is 26.5. The summed E-state index contributed by atoms with van der Waals surface area (Å²) in [6.07, 6.45) is 1.26. The van der Waals surface area contributed by atoms with Crippen molar-refractivity contribution in [3.05, 3.63) is 101 Å². The van der Waals surface area contributed by atoms with Crippen molar-refractivity contribution < 1.29 is 9.59 Å². The van der Waals surface area contributed by atoms with Gasteiger partial charge in [0.2, 0.25) is 5.91 Å². The lowest BCUT2D eigenvalue weighted by atomic mass is 9.73. The van der Waals surface area contributed by atoms with Gasteiger partial charge in [0, 0.05) is 54.6 Å². The molecule has 6 nitrogen and oxygen atoms in total. The minimum Gasteiger partial charge on any atom is -0.368 e. The Hall–Kier alpha value is -3.77. The lowest BCUT2D eigenvalue weighted by Crippen LogP contribution is -2.52. The van der Waals surface area contributed by atoms with Crippen LogP contribution in [-0.4, -0.2) is 49.3 Å². The summed E-state index contributed by atoms with van der Waals surface area (Å²) < 4.78 is 0. The predicted octanol–water partition coefficient (Wildman–Crippen LogP) is 6.31. The van der Waals surface area contributed by atoms with E-state index in [1.54, 1.807) is 0 Å². The van der Waals surface area contributed by atoms with Crippen molar-refractivity contribution in [1.29, 1.82) is 0 Å². The van der Waals surface area contributed by atoms with Crippen molar-refractivity contribution in [2.24, 2.45) is 5.41 Å². The zero-order valence-corrected chi connectivity index (χ0v) is 23.8. The SMILES string of the molecule is CC1(C)CC(=O)C2=C(C1)Nc1ccccc1N(CC(=O)N1CCN(c3cccc(Cl)c3)CC1)C2c1ccccc1. The quantitative estimate of drug-likeness (QED) is 0.410. The van der Waals surface area contributed by atoms with Gasteiger partial charge < -0.3 is 20.0 Å². The summed E-state index contributed by atoms with van der Waals surface area (Å²) in [5, 5.41) is 4.35. The number of para-hydroxylation sites is 2. The van der Waals surface area contributed by atoms with Gasteiger partial charge in [-0.25, -0.2) is 0 Å². The Balaban J connectivity index is 1.33. The van der Waals surface area contributed by atoms with Crippen molar-refractivity contribution in [2.45, 2.75) is 32.7 Å². The van der Waals surface area contributed by atoms with E-state index in [0.29, 0.717) is 24.5 Å². The van der Waals surface area contributed by atoms with E-state index in [9.17, 15) is 9.59 Å². The van der Waals surface area contributed by atoms with Crippen molar-refractivity contribution in [3.63, 3.8) is 0 Å². The number of allylic oxidation sites excluding steroid dienone is 1. The molecule has 0 saturated carbocycles. The number of piperazine rings is 1. The van der Waals surface area contributed by atoms with E-state index < -0.39 is 0 Å². The van der Waals surface area contributed by atoms with Gasteiger partial charge in [0.05, 0.1) is 24.0 Å². The summed E-state index contributed by atoms with van der Waals surface area (Å²) in [5.41, 5.74) is 5.56. The molecule has 2 aliphatic heterocycles. The number of anilines is 3. The summed E-state index contributed by atoms with van der Waals surface area (Å²) >= 11 is 6.22. The largest absolute Gasteiger partial charge is 0.368 e. The molecule has 3 aromatic carbocycles. The molecule has 0 radical (unpaired) electrons. The molecule has 0 aromatic heterocycles. The number of carbonyl (C=O) groups excluding carboxylic acids is 2. The highest BCUT2D eigenvalue weighted by atomic mass is 35.5. The Morgan fingerprint density at radius 3 is 2.40 bits per heavy atom. The Morgan fingerprint density at radius 1 is 0.925 bits per heavy atom. The lowest BCUT2D eigenvalue weighted by Gasteiger charge is -2.40. The van der Waals surface area contributed by atoms with Crippen LogP contribution in [0.3, 0.4) is 0 Å². The predicted molar refractivity (Wildman–Crippen MR) is 162 cm³/mol. The Kier molecular flexibility index (Phi) is 7.05. The fourth-order valence-electron chi connectivity index (χ4n) is 6.34. The molecule has 206 valence electrons. The molecule has 1 amide bonds. The van der Waals surface area contributed by atoms with Crippen LogP contribution in [0.5, 0.6) is 0 Å². The van der Waals surface area contributed by atoms with E-state index >= 15 is 0 Å². The molecule has 3 aromatic rings. The average molecular weight is 555 g/mol. The number of halogens is 1. The topological polar surface area (TPSA) is 55.9 Å². The van der Waals surface area contributed by atoms with Gasteiger partial charge in [-0.2, -0.15) is 0 Å². The van der Waals surface area contributed by atoms with Crippen LogP contribution in [0.1, 0.15) is 38.3 Å². The summed E-state index contributed by atoms with van der Waals surface area (Å²) in [5.74, 6) is 0.210. The van der Waals surface area contributed by atoms with E-state index in [-0.39, 0.29) is 29.7 Å². The highest BCUT2D eigenvalue weighted by Crippen LogP contribution is 2.48. The van der Waals surface area contributed by atoms with Gasteiger partial charge in [-0.1, -0.05) is 74.0 Å². The lowest BCUT2D eigenvalue weighted by molar-refractivity contribution is -0.130. The van der Waals surface area contributed by atoms with Crippen LogP contribution < -0.4 is 15.1 Å². The molecule has 1 saturated heterocycles. The van der Waals surface area contributed by atoms with Crippen LogP contribution in [0.25, 0.3) is 0 Å². The molecule has 1 fully saturated rings. The number of nitrogens with one attached hydrogen (secondary N) is 1. The number of nitrogens with zero attached hydrogens (tertiary/aromatic N) is 3. The summed E-state index contributed by atoms with van der Waals surface area (Å²) in [6.45, 7) is 7.24. The third kappa shape index (κ3) is 5.20. The number of ketones is 1. The maximum Gasteiger partial charge on any atom is 0.242 e. The first-order valence-corrected chi connectivity index (χ1v) is 14.4. The van der Waals surface area contributed by atoms with Crippen molar-refractivity contribution in [1.82, 2.24) is 4.90 Å². The molecular weight excluding hydrogens is 520 g/mol. The molecular formula is C33H35ClN4O2. The number of Topliss-reactive ketones (excluding diaryl/α,β-unsaturated/α-hetero) is 1. The van der Waals surface area contributed by atoms with Crippen molar-refractivity contribution >= 4 is 40.4 Å². The Morgan fingerprint density at radius 2 is 1.65 bits per heavy atom. The van der Waals surface area contributed by atoms with Crippen molar-refractivity contribution in [3.8, 4) is 0 Å². The van der Waals surface area contributed by atoms with Crippen LogP contribution in [0.2, 0.25) is 5.02 Å². The standard InChI is InChI=1S/C33H35ClN4O2/c1-33(2)20-27-31(29(39)21-33)32(23-9-4-3-5-10-23)38(28-14-7-6-13-26(28)35-27)22-30(40)37-17-15-36(16-18-37)25-12-8-11-24(34)19-25/h3-14,19,32,35H,15-18,20-22H2,1-2H3. The minimum absolute atomic E-state index is 0.0640. The molecule has 40 heavy (non-hydrogen) atoms. The van der Waals surface area contributed by atoms with Crippen LogP contribution in [0, 0.1) is 5.41 Å². The average Bonchev–Trinajstić information content (AvgIpc) is 3.07. The maximum atomic E-state index is 13.9. The van der Waals surface area contributed by atoms with Crippen LogP contribution in [0.15, 0.2) is 90.1 Å². The molecule has 7 heteroatoms. The summed E-state index contributed by atoms with van der Waals surface area (Å²) in [6, 6.07) is 25.7. The molecule has 1 unspecified atom stereocenters. The fourth-order valence-corrected chi connectivity index (χ4v) is 6.53. The van der Waals surface area contributed by atoms with Gasteiger partial charge in [-0.3, -0.25) is 9.59 Å². The van der Waals surface area contributed by atoms with Gasteiger partial charge in [0.25, 0.3) is 0 Å². The Labute approximate surface area is 241 Å². The number of benzene rings is 3. The smallest absolute Gasteiger partial charge is 0.242 e. The highest BCUT2D eigenvalue weighted by molar-refractivity contribution is 6.30. The van der Waals surface area contributed by atoms with Crippen LogP contribution >= 0.6 is 11.6 Å². The molecule has 1 N–H and O–H groups in total. The molecule has 0 bridgehead atoms. The first-order chi connectivity index (χ1) is 19.3. The zero-order chi connectivity index (χ0) is 27.9. The molecule has 0 spiro atoms. The molecule has 2 heterocycles.